The molecule has 0 atom stereocenters. The maximum atomic E-state index is 12.5. The first kappa shape index (κ1) is 13.9. The number of amides is 1. The number of nitrogens with zero attached hydrogens (tertiary/aromatic N) is 1. The van der Waals surface area contributed by atoms with Gasteiger partial charge in [-0.15, -0.1) is 11.8 Å². The van der Waals surface area contributed by atoms with Crippen molar-refractivity contribution in [3.8, 4) is 0 Å². The van der Waals surface area contributed by atoms with Crippen LogP contribution in [0.15, 0.2) is 35.2 Å². The van der Waals surface area contributed by atoms with E-state index in [2.05, 4.69) is 6.58 Å². The molecule has 1 amide bonds. The van der Waals surface area contributed by atoms with E-state index in [1.807, 2.05) is 32.9 Å². The predicted octanol–water partition coefficient (Wildman–Crippen LogP) is 3.29. The summed E-state index contributed by atoms with van der Waals surface area (Å²) in [5, 5.41) is 0. The summed E-state index contributed by atoms with van der Waals surface area (Å²) in [6.07, 6.45) is 0.827. The summed E-state index contributed by atoms with van der Waals surface area (Å²) >= 11 is 1.50. The van der Waals surface area contributed by atoms with Crippen molar-refractivity contribution in [1.29, 1.82) is 0 Å². The summed E-state index contributed by atoms with van der Waals surface area (Å²) in [4.78, 5) is 26.1. The molecule has 0 radical (unpaired) electrons. The molecule has 0 saturated carbocycles. The first-order chi connectivity index (χ1) is 8.85. The van der Waals surface area contributed by atoms with Crippen LogP contribution in [0.5, 0.6) is 0 Å². The molecule has 19 heavy (non-hydrogen) atoms. The Morgan fingerprint density at radius 3 is 2.74 bits per heavy atom. The van der Waals surface area contributed by atoms with Gasteiger partial charge in [0.25, 0.3) is 0 Å². The van der Waals surface area contributed by atoms with Crippen LogP contribution in [0.3, 0.4) is 0 Å². The number of anilines is 1. The van der Waals surface area contributed by atoms with Gasteiger partial charge in [0.15, 0.2) is 0 Å². The van der Waals surface area contributed by atoms with E-state index in [1.165, 1.54) is 11.8 Å². The average molecular weight is 275 g/mol. The lowest BCUT2D eigenvalue weighted by molar-refractivity contribution is -0.120. The lowest BCUT2D eigenvalue weighted by atomic mass is 10.1. The number of hydrogen-bond donors (Lipinski definition) is 0. The van der Waals surface area contributed by atoms with Crippen LogP contribution in [0.1, 0.15) is 31.1 Å². The maximum absolute atomic E-state index is 12.5. The molecule has 1 aromatic rings. The molecular weight excluding hydrogens is 258 g/mol. The van der Waals surface area contributed by atoms with E-state index >= 15 is 0 Å². The second-order valence-electron chi connectivity index (χ2n) is 5.31. The maximum Gasteiger partial charge on any atom is 0.243 e. The Labute approximate surface area is 117 Å². The SMILES string of the molecule is C=C(C)CN1C(=O)C(C)(C)Sc2cc(C=O)ccc21. The van der Waals surface area contributed by atoms with Crippen molar-refractivity contribution in [3.63, 3.8) is 0 Å². The van der Waals surface area contributed by atoms with Crippen molar-refractivity contribution in [2.45, 2.75) is 30.4 Å². The topological polar surface area (TPSA) is 37.4 Å². The minimum absolute atomic E-state index is 0.0758. The fourth-order valence-electron chi connectivity index (χ4n) is 2.09. The van der Waals surface area contributed by atoms with Gasteiger partial charge in [-0.1, -0.05) is 12.2 Å². The van der Waals surface area contributed by atoms with E-state index in [-0.39, 0.29) is 5.91 Å². The van der Waals surface area contributed by atoms with Crippen molar-refractivity contribution in [3.05, 3.63) is 35.9 Å². The molecule has 1 aliphatic rings. The monoisotopic (exact) mass is 275 g/mol. The van der Waals surface area contributed by atoms with Crippen LogP contribution >= 0.6 is 11.8 Å². The normalized spacial score (nSPS) is 17.0. The average Bonchev–Trinajstić information content (AvgIpc) is 2.33. The van der Waals surface area contributed by atoms with Gasteiger partial charge >= 0.3 is 0 Å². The molecule has 0 aliphatic carbocycles. The van der Waals surface area contributed by atoms with E-state index in [1.54, 1.807) is 11.0 Å². The van der Waals surface area contributed by atoms with Gasteiger partial charge in [0.1, 0.15) is 6.29 Å². The van der Waals surface area contributed by atoms with Gasteiger partial charge in [-0.2, -0.15) is 0 Å². The molecule has 4 heteroatoms. The van der Waals surface area contributed by atoms with Crippen LogP contribution in [0, 0.1) is 0 Å². The summed E-state index contributed by atoms with van der Waals surface area (Å²) in [6.45, 7) is 10.1. The highest BCUT2D eigenvalue weighted by atomic mass is 32.2. The third-order valence-electron chi connectivity index (χ3n) is 2.96. The number of thioether (sulfide) groups is 1. The summed E-state index contributed by atoms with van der Waals surface area (Å²) in [5.41, 5.74) is 2.43. The van der Waals surface area contributed by atoms with Crippen LogP contribution in [0.25, 0.3) is 0 Å². The van der Waals surface area contributed by atoms with Gasteiger partial charge in [0.2, 0.25) is 5.91 Å². The number of carbonyl (C=O) groups excluding carboxylic acids is 2. The second-order valence-corrected chi connectivity index (χ2v) is 6.97. The Morgan fingerprint density at radius 1 is 1.47 bits per heavy atom. The van der Waals surface area contributed by atoms with Crippen LogP contribution < -0.4 is 4.90 Å². The van der Waals surface area contributed by atoms with Gasteiger partial charge in [-0.05, 0) is 39.0 Å². The molecule has 0 N–H and O–H groups in total. The Hall–Kier alpha value is -1.55. The molecule has 100 valence electrons. The van der Waals surface area contributed by atoms with Gasteiger partial charge < -0.3 is 4.90 Å². The van der Waals surface area contributed by atoms with E-state index < -0.39 is 4.75 Å². The van der Waals surface area contributed by atoms with Crippen molar-refractivity contribution in [2.24, 2.45) is 0 Å². The fraction of sp³-hybridized carbons (Fsp3) is 0.333. The quantitative estimate of drug-likeness (QED) is 0.627. The molecule has 1 aliphatic heterocycles. The third kappa shape index (κ3) is 2.59. The highest BCUT2D eigenvalue weighted by Gasteiger charge is 2.39. The third-order valence-corrected chi connectivity index (χ3v) is 4.20. The van der Waals surface area contributed by atoms with E-state index in [9.17, 15) is 9.59 Å². The van der Waals surface area contributed by atoms with Crippen molar-refractivity contribution in [2.75, 3.05) is 11.4 Å². The number of benzene rings is 1. The van der Waals surface area contributed by atoms with Crippen molar-refractivity contribution < 1.29 is 9.59 Å². The molecule has 2 rings (SSSR count). The minimum Gasteiger partial charge on any atom is -0.306 e. The Kier molecular flexibility index (Phi) is 3.54. The van der Waals surface area contributed by atoms with Gasteiger partial charge in [-0.3, -0.25) is 9.59 Å². The number of fused-ring (bicyclic) bond motifs is 1. The van der Waals surface area contributed by atoms with Crippen LogP contribution in [0.4, 0.5) is 5.69 Å². The first-order valence-corrected chi connectivity index (χ1v) is 6.91. The van der Waals surface area contributed by atoms with E-state index in [0.29, 0.717) is 12.1 Å². The van der Waals surface area contributed by atoms with Gasteiger partial charge in [0.05, 0.1) is 10.4 Å². The van der Waals surface area contributed by atoms with Gasteiger partial charge in [0, 0.05) is 17.0 Å². The summed E-state index contributed by atoms with van der Waals surface area (Å²) in [5.74, 6) is 0.0758. The summed E-state index contributed by atoms with van der Waals surface area (Å²) in [7, 11) is 0. The number of carbonyl (C=O) groups is 2. The van der Waals surface area contributed by atoms with Crippen molar-refractivity contribution >= 4 is 29.6 Å². The fourth-order valence-corrected chi connectivity index (χ4v) is 3.31. The lowest BCUT2D eigenvalue weighted by Crippen LogP contribution is -2.47. The molecule has 0 aromatic heterocycles. The predicted molar refractivity (Wildman–Crippen MR) is 78.9 cm³/mol. The second kappa shape index (κ2) is 4.85. The Bertz CT molecular complexity index is 563. The minimum atomic E-state index is -0.524. The lowest BCUT2D eigenvalue weighted by Gasteiger charge is -2.38. The molecule has 0 bridgehead atoms. The summed E-state index contributed by atoms with van der Waals surface area (Å²) < 4.78 is -0.524. The molecule has 1 heterocycles. The molecule has 0 spiro atoms. The van der Waals surface area contributed by atoms with Crippen molar-refractivity contribution in [1.82, 2.24) is 0 Å². The Morgan fingerprint density at radius 2 is 2.16 bits per heavy atom. The van der Waals surface area contributed by atoms with Crippen LogP contribution in [0.2, 0.25) is 0 Å². The zero-order valence-electron chi connectivity index (χ0n) is 11.4. The highest BCUT2D eigenvalue weighted by Crippen LogP contribution is 2.45. The largest absolute Gasteiger partial charge is 0.306 e. The molecule has 0 fully saturated rings. The van der Waals surface area contributed by atoms with Crippen LogP contribution in [-0.4, -0.2) is 23.5 Å². The summed E-state index contributed by atoms with van der Waals surface area (Å²) in [6, 6.07) is 5.41. The molecule has 1 aromatic carbocycles. The first-order valence-electron chi connectivity index (χ1n) is 6.10. The molecule has 0 unspecified atom stereocenters. The van der Waals surface area contributed by atoms with Crippen LogP contribution in [-0.2, 0) is 4.79 Å². The molecule has 0 saturated heterocycles. The standard InChI is InChI=1S/C15H17NO2S/c1-10(2)8-16-12-6-5-11(9-17)7-13(12)19-15(3,4)14(16)18/h5-7,9H,1,8H2,2-4H3. The smallest absolute Gasteiger partial charge is 0.243 e. The molecule has 3 nitrogen and oxygen atoms in total. The number of hydrogen-bond acceptors (Lipinski definition) is 3. The van der Waals surface area contributed by atoms with Gasteiger partial charge in [-0.25, -0.2) is 0 Å². The zero-order chi connectivity index (χ0) is 14.2. The number of aldehydes is 1. The molecular formula is C15H17NO2S. The van der Waals surface area contributed by atoms with E-state index in [4.69, 9.17) is 0 Å². The Balaban J connectivity index is 2.53. The number of rotatable bonds is 3. The highest BCUT2D eigenvalue weighted by molar-refractivity contribution is 8.01. The zero-order valence-corrected chi connectivity index (χ0v) is 12.2. The van der Waals surface area contributed by atoms with E-state index in [0.717, 1.165) is 22.4 Å².